The second-order valence-corrected chi connectivity index (χ2v) is 5.26. The predicted octanol–water partition coefficient (Wildman–Crippen LogP) is 3.96. The first-order chi connectivity index (χ1) is 9.95. The Labute approximate surface area is 129 Å². The number of carbonyl (C=O) groups is 1. The Morgan fingerprint density at radius 1 is 1.29 bits per heavy atom. The lowest BCUT2D eigenvalue weighted by Gasteiger charge is -2.17. The fourth-order valence-electron chi connectivity index (χ4n) is 1.87. The van der Waals surface area contributed by atoms with Gasteiger partial charge >= 0.3 is 0 Å². The molecule has 21 heavy (non-hydrogen) atoms. The van der Waals surface area contributed by atoms with Crippen molar-refractivity contribution in [2.24, 2.45) is 0 Å². The fourth-order valence-corrected chi connectivity index (χ4v) is 2.05. The molecule has 0 saturated carbocycles. The van der Waals surface area contributed by atoms with E-state index >= 15 is 0 Å². The van der Waals surface area contributed by atoms with Gasteiger partial charge in [0.25, 0.3) is 0 Å². The molecule has 1 N–H and O–H groups in total. The third kappa shape index (κ3) is 4.13. The average Bonchev–Trinajstić information content (AvgIpc) is 2.82. The maximum absolute atomic E-state index is 12.0. The molecule has 2 rings (SSSR count). The summed E-state index contributed by atoms with van der Waals surface area (Å²) in [6, 6.07) is 9.02. The van der Waals surface area contributed by atoms with Crippen molar-refractivity contribution in [2.45, 2.75) is 6.92 Å². The Hall–Kier alpha value is -2.20. The van der Waals surface area contributed by atoms with Crippen molar-refractivity contribution in [3.8, 4) is 0 Å². The minimum atomic E-state index is -0.241. The zero-order valence-corrected chi connectivity index (χ0v) is 12.9. The highest BCUT2D eigenvalue weighted by atomic mass is 35.5. The topological polar surface area (TPSA) is 45.5 Å². The minimum Gasteiger partial charge on any atom is -0.462 e. The van der Waals surface area contributed by atoms with E-state index < -0.39 is 0 Å². The molecule has 4 nitrogen and oxygen atoms in total. The Bertz CT molecular complexity index is 675. The molecule has 0 unspecified atom stereocenters. The van der Waals surface area contributed by atoms with Crippen LogP contribution in [0, 0.1) is 6.92 Å². The third-order valence-corrected chi connectivity index (χ3v) is 3.09. The van der Waals surface area contributed by atoms with Gasteiger partial charge < -0.3 is 14.6 Å². The molecule has 1 aromatic carbocycles. The number of furan rings is 1. The first kappa shape index (κ1) is 15.2. The molecule has 110 valence electrons. The van der Waals surface area contributed by atoms with Gasteiger partial charge in [0, 0.05) is 25.2 Å². The van der Waals surface area contributed by atoms with Gasteiger partial charge in [-0.05, 0) is 43.3 Å². The maximum Gasteiger partial charge on any atom is 0.248 e. The average molecular weight is 305 g/mol. The minimum absolute atomic E-state index is 0.241. The van der Waals surface area contributed by atoms with Crippen molar-refractivity contribution in [3.05, 3.63) is 53.0 Å². The number of halogens is 1. The quantitative estimate of drug-likeness (QED) is 0.870. The van der Waals surface area contributed by atoms with Crippen LogP contribution in [-0.2, 0) is 4.79 Å². The third-order valence-electron chi connectivity index (χ3n) is 2.86. The molecule has 0 aliphatic rings. The van der Waals surface area contributed by atoms with Crippen LogP contribution in [0.2, 0.25) is 5.02 Å². The lowest BCUT2D eigenvalue weighted by molar-refractivity contribution is -0.111. The highest BCUT2D eigenvalue weighted by molar-refractivity contribution is 6.31. The zero-order valence-electron chi connectivity index (χ0n) is 12.2. The van der Waals surface area contributed by atoms with E-state index in [2.05, 4.69) is 5.32 Å². The Balaban J connectivity index is 2.12. The van der Waals surface area contributed by atoms with Gasteiger partial charge in [0.15, 0.2) is 0 Å². The predicted molar refractivity (Wildman–Crippen MR) is 86.9 cm³/mol. The van der Waals surface area contributed by atoms with Crippen molar-refractivity contribution < 1.29 is 9.21 Å². The fraction of sp³-hybridized carbons (Fsp3) is 0.188. The maximum atomic E-state index is 12.0. The van der Waals surface area contributed by atoms with Crippen LogP contribution in [0.5, 0.6) is 0 Å². The molecule has 0 atom stereocenters. The first-order valence-corrected chi connectivity index (χ1v) is 6.86. The van der Waals surface area contributed by atoms with Crippen molar-refractivity contribution in [3.63, 3.8) is 0 Å². The van der Waals surface area contributed by atoms with Crippen molar-refractivity contribution in [1.82, 2.24) is 0 Å². The van der Waals surface area contributed by atoms with Crippen LogP contribution >= 0.6 is 11.6 Å². The van der Waals surface area contributed by atoms with Gasteiger partial charge in [-0.25, -0.2) is 0 Å². The van der Waals surface area contributed by atoms with Crippen LogP contribution in [0.15, 0.2) is 40.8 Å². The summed E-state index contributed by atoms with van der Waals surface area (Å²) in [5, 5.41) is 3.39. The molecule has 2 aromatic rings. The lowest BCUT2D eigenvalue weighted by atomic mass is 10.2. The Morgan fingerprint density at radius 3 is 2.67 bits per heavy atom. The van der Waals surface area contributed by atoms with E-state index in [1.807, 2.05) is 44.1 Å². The van der Waals surface area contributed by atoms with Gasteiger partial charge in [0.05, 0.1) is 11.4 Å². The summed E-state index contributed by atoms with van der Waals surface area (Å²) in [6.07, 6.45) is 3.06. The summed E-state index contributed by atoms with van der Waals surface area (Å²) in [4.78, 5) is 13.9. The second-order valence-electron chi connectivity index (χ2n) is 4.83. The molecule has 0 saturated heterocycles. The van der Waals surface area contributed by atoms with E-state index in [1.54, 1.807) is 18.2 Å². The first-order valence-electron chi connectivity index (χ1n) is 6.48. The van der Waals surface area contributed by atoms with E-state index in [9.17, 15) is 4.79 Å². The van der Waals surface area contributed by atoms with Crippen LogP contribution in [0.1, 0.15) is 11.5 Å². The number of hydrogen-bond donors (Lipinski definition) is 1. The molecule has 0 spiro atoms. The highest BCUT2D eigenvalue weighted by Crippen LogP contribution is 2.27. The summed E-state index contributed by atoms with van der Waals surface area (Å²) >= 11 is 5.98. The van der Waals surface area contributed by atoms with Crippen molar-refractivity contribution in [1.29, 1.82) is 0 Å². The second kappa shape index (κ2) is 6.50. The molecule has 1 heterocycles. The lowest BCUT2D eigenvalue weighted by Crippen LogP contribution is -2.15. The number of carbonyl (C=O) groups excluding carboxylic acids is 1. The number of anilines is 2. The van der Waals surface area contributed by atoms with Gasteiger partial charge in [-0.15, -0.1) is 0 Å². The number of nitrogens with zero attached hydrogens (tertiary/aromatic N) is 1. The molecule has 5 heteroatoms. The number of benzene rings is 1. The molecule has 0 radical (unpaired) electrons. The van der Waals surface area contributed by atoms with Gasteiger partial charge in [-0.3, -0.25) is 4.79 Å². The summed E-state index contributed by atoms with van der Waals surface area (Å²) in [5.74, 6) is 1.20. The van der Waals surface area contributed by atoms with Crippen LogP contribution < -0.4 is 10.2 Å². The highest BCUT2D eigenvalue weighted by Gasteiger charge is 2.07. The summed E-state index contributed by atoms with van der Waals surface area (Å²) in [7, 11) is 3.81. The molecule has 1 amide bonds. The molecule has 0 bridgehead atoms. The van der Waals surface area contributed by atoms with Gasteiger partial charge in [-0.2, -0.15) is 0 Å². The molecular formula is C16H17ClN2O2. The van der Waals surface area contributed by atoms with Crippen molar-refractivity contribution in [2.75, 3.05) is 24.3 Å². The Morgan fingerprint density at radius 2 is 2.05 bits per heavy atom. The smallest absolute Gasteiger partial charge is 0.248 e. The SMILES string of the molecule is Cc1ccc(C=CC(=O)Nc2cc(Cl)ccc2N(C)C)o1. The van der Waals surface area contributed by atoms with Gasteiger partial charge in [-0.1, -0.05) is 11.6 Å². The monoisotopic (exact) mass is 304 g/mol. The summed E-state index contributed by atoms with van der Waals surface area (Å²) in [6.45, 7) is 1.85. The van der Waals surface area contributed by atoms with E-state index in [1.165, 1.54) is 6.08 Å². The van der Waals surface area contributed by atoms with E-state index in [-0.39, 0.29) is 5.91 Å². The van der Waals surface area contributed by atoms with Crippen LogP contribution in [-0.4, -0.2) is 20.0 Å². The number of rotatable bonds is 4. The van der Waals surface area contributed by atoms with Crippen molar-refractivity contribution >= 4 is 35.0 Å². The van der Waals surface area contributed by atoms with Gasteiger partial charge in [0.1, 0.15) is 11.5 Å². The number of amides is 1. The largest absolute Gasteiger partial charge is 0.462 e. The summed E-state index contributed by atoms with van der Waals surface area (Å²) < 4.78 is 5.37. The van der Waals surface area contributed by atoms with Crippen LogP contribution in [0.4, 0.5) is 11.4 Å². The molecule has 1 aromatic heterocycles. The number of hydrogen-bond acceptors (Lipinski definition) is 3. The summed E-state index contributed by atoms with van der Waals surface area (Å²) in [5.41, 5.74) is 1.55. The molecular weight excluding hydrogens is 288 g/mol. The molecule has 0 aliphatic carbocycles. The number of aryl methyl sites for hydroxylation is 1. The Kier molecular flexibility index (Phi) is 4.70. The van der Waals surface area contributed by atoms with E-state index in [0.717, 1.165) is 11.4 Å². The van der Waals surface area contributed by atoms with E-state index in [4.69, 9.17) is 16.0 Å². The molecule has 0 aliphatic heterocycles. The van der Waals surface area contributed by atoms with Crippen LogP contribution in [0.25, 0.3) is 6.08 Å². The van der Waals surface area contributed by atoms with Crippen LogP contribution in [0.3, 0.4) is 0 Å². The molecule has 0 fully saturated rings. The van der Waals surface area contributed by atoms with Gasteiger partial charge in [0.2, 0.25) is 5.91 Å². The number of nitrogens with one attached hydrogen (secondary N) is 1. The zero-order chi connectivity index (χ0) is 15.4. The standard InChI is InChI=1S/C16H17ClN2O2/c1-11-4-6-13(21-11)7-9-16(20)18-14-10-12(17)5-8-15(14)19(2)3/h4-10H,1-3H3,(H,18,20). The van der Waals surface area contributed by atoms with E-state index in [0.29, 0.717) is 16.5 Å². The normalized spacial score (nSPS) is 10.9.